The molecule has 3 heterocycles. The van der Waals surface area contributed by atoms with Crippen LogP contribution in [0.1, 0.15) is 31.5 Å². The zero-order valence-electron chi connectivity index (χ0n) is 16.9. The van der Waals surface area contributed by atoms with E-state index in [1.54, 1.807) is 30.5 Å². The van der Waals surface area contributed by atoms with Crippen LogP contribution < -0.4 is 20.5 Å². The number of piperidine rings is 1. The molecule has 1 aliphatic rings. The molecule has 2 aromatic heterocycles. The standard InChI is InChI=1S/C21H24FN5O3/c1-12(22)15-11-13(3-4-17(15)30-2)24-19-18-16(5-8-23-20(18)29)25-21(26-19)27-9-6-14(28)7-10-27/h3-5,8,11-12,14,28H,6-7,9-10H2,1-2H3,(H,23,29)(H,24,25,26). The number of anilines is 3. The van der Waals surface area contributed by atoms with Gasteiger partial charge in [0.2, 0.25) is 5.95 Å². The Balaban J connectivity index is 1.77. The number of hydrogen-bond acceptors (Lipinski definition) is 7. The van der Waals surface area contributed by atoms with E-state index in [9.17, 15) is 14.3 Å². The van der Waals surface area contributed by atoms with Crippen molar-refractivity contribution in [2.45, 2.75) is 32.0 Å². The summed E-state index contributed by atoms with van der Waals surface area (Å²) in [5, 5.41) is 13.3. The van der Waals surface area contributed by atoms with Gasteiger partial charge in [-0.2, -0.15) is 4.98 Å². The lowest BCUT2D eigenvalue weighted by Crippen LogP contribution is -2.37. The predicted octanol–water partition coefficient (Wildman–Crippen LogP) is 3.06. The summed E-state index contributed by atoms with van der Waals surface area (Å²) in [7, 11) is 1.49. The van der Waals surface area contributed by atoms with E-state index in [1.807, 2.05) is 4.90 Å². The average molecular weight is 413 g/mol. The molecular weight excluding hydrogens is 389 g/mol. The van der Waals surface area contributed by atoms with E-state index < -0.39 is 6.17 Å². The Bertz CT molecular complexity index is 1110. The van der Waals surface area contributed by atoms with E-state index in [2.05, 4.69) is 20.3 Å². The monoisotopic (exact) mass is 413 g/mol. The Hall–Kier alpha value is -3.20. The fourth-order valence-electron chi connectivity index (χ4n) is 3.64. The molecule has 1 aliphatic heterocycles. The number of fused-ring (bicyclic) bond motifs is 1. The van der Waals surface area contributed by atoms with Gasteiger partial charge in [-0.3, -0.25) is 4.79 Å². The minimum Gasteiger partial charge on any atom is -0.496 e. The molecule has 0 amide bonds. The summed E-state index contributed by atoms with van der Waals surface area (Å²) in [6.45, 7) is 2.69. The molecule has 4 rings (SSSR count). The van der Waals surface area contributed by atoms with Crippen LogP contribution in [-0.2, 0) is 0 Å². The van der Waals surface area contributed by atoms with E-state index in [4.69, 9.17) is 4.74 Å². The smallest absolute Gasteiger partial charge is 0.261 e. The Kier molecular flexibility index (Phi) is 5.54. The van der Waals surface area contributed by atoms with Gasteiger partial charge >= 0.3 is 0 Å². The van der Waals surface area contributed by atoms with E-state index in [1.165, 1.54) is 14.0 Å². The number of aromatic nitrogens is 3. The third-order valence-electron chi connectivity index (χ3n) is 5.28. The van der Waals surface area contributed by atoms with Gasteiger partial charge < -0.3 is 25.0 Å². The highest BCUT2D eigenvalue weighted by Crippen LogP contribution is 2.32. The summed E-state index contributed by atoms with van der Waals surface area (Å²) in [5.41, 5.74) is 1.17. The maximum atomic E-state index is 14.0. The van der Waals surface area contributed by atoms with Gasteiger partial charge in [-0.15, -0.1) is 0 Å². The second kappa shape index (κ2) is 8.27. The molecule has 8 nitrogen and oxygen atoms in total. The number of hydrogen-bond donors (Lipinski definition) is 3. The molecule has 3 N–H and O–H groups in total. The van der Waals surface area contributed by atoms with Gasteiger partial charge in [0, 0.05) is 30.5 Å². The number of pyridine rings is 1. The Morgan fingerprint density at radius 2 is 2.07 bits per heavy atom. The van der Waals surface area contributed by atoms with Crippen molar-refractivity contribution in [1.82, 2.24) is 15.0 Å². The fourth-order valence-corrected chi connectivity index (χ4v) is 3.64. The van der Waals surface area contributed by atoms with Crippen molar-refractivity contribution >= 4 is 28.4 Å². The van der Waals surface area contributed by atoms with E-state index in [0.717, 1.165) is 0 Å². The zero-order valence-corrected chi connectivity index (χ0v) is 16.9. The van der Waals surface area contributed by atoms with Crippen molar-refractivity contribution in [2.24, 2.45) is 0 Å². The summed E-state index contributed by atoms with van der Waals surface area (Å²) in [5.74, 6) is 1.27. The average Bonchev–Trinajstić information content (AvgIpc) is 2.74. The predicted molar refractivity (Wildman–Crippen MR) is 113 cm³/mol. The second-order valence-corrected chi connectivity index (χ2v) is 7.36. The zero-order chi connectivity index (χ0) is 21.3. The highest BCUT2D eigenvalue weighted by molar-refractivity contribution is 5.91. The van der Waals surface area contributed by atoms with Crippen LogP contribution in [0.15, 0.2) is 35.3 Å². The molecule has 0 saturated carbocycles. The molecule has 30 heavy (non-hydrogen) atoms. The van der Waals surface area contributed by atoms with Gasteiger partial charge in [0.25, 0.3) is 5.56 Å². The van der Waals surface area contributed by atoms with Crippen LogP contribution in [0.4, 0.5) is 21.8 Å². The molecule has 1 fully saturated rings. The van der Waals surface area contributed by atoms with Crippen LogP contribution in [0.2, 0.25) is 0 Å². The molecule has 0 spiro atoms. The third-order valence-corrected chi connectivity index (χ3v) is 5.28. The summed E-state index contributed by atoms with van der Waals surface area (Å²) >= 11 is 0. The number of alkyl halides is 1. The van der Waals surface area contributed by atoms with Gasteiger partial charge in [-0.25, -0.2) is 9.37 Å². The third kappa shape index (κ3) is 3.93. The minimum absolute atomic E-state index is 0.316. The molecule has 0 radical (unpaired) electrons. The molecule has 0 bridgehead atoms. The summed E-state index contributed by atoms with van der Waals surface area (Å²) in [4.78, 5) is 26.3. The van der Waals surface area contributed by atoms with E-state index in [0.29, 0.717) is 65.6 Å². The fraction of sp³-hybridized carbons (Fsp3) is 0.381. The summed E-state index contributed by atoms with van der Waals surface area (Å²) in [6, 6.07) is 6.78. The van der Waals surface area contributed by atoms with Crippen molar-refractivity contribution in [3.8, 4) is 5.75 Å². The number of nitrogens with one attached hydrogen (secondary N) is 2. The number of halogens is 1. The number of benzene rings is 1. The number of ether oxygens (including phenoxy) is 1. The van der Waals surface area contributed by atoms with Crippen molar-refractivity contribution < 1.29 is 14.2 Å². The minimum atomic E-state index is -1.22. The first-order chi connectivity index (χ1) is 14.5. The van der Waals surface area contributed by atoms with E-state index in [-0.39, 0.29) is 11.7 Å². The maximum absolute atomic E-state index is 14.0. The molecule has 0 aliphatic carbocycles. The molecule has 1 saturated heterocycles. The van der Waals surface area contributed by atoms with Crippen LogP contribution in [0, 0.1) is 0 Å². The van der Waals surface area contributed by atoms with Gasteiger partial charge in [0.15, 0.2) is 0 Å². The van der Waals surface area contributed by atoms with Crippen LogP contribution in [0.25, 0.3) is 10.9 Å². The van der Waals surface area contributed by atoms with Gasteiger partial charge in [-0.1, -0.05) is 0 Å². The van der Waals surface area contributed by atoms with Crippen LogP contribution >= 0.6 is 0 Å². The number of aromatic amines is 1. The van der Waals surface area contributed by atoms with Gasteiger partial charge in [0.05, 0.1) is 18.7 Å². The Labute approximate surface area is 172 Å². The largest absolute Gasteiger partial charge is 0.496 e. The summed E-state index contributed by atoms with van der Waals surface area (Å²) in [6.07, 6.45) is 1.28. The molecule has 9 heteroatoms. The maximum Gasteiger partial charge on any atom is 0.261 e. The Morgan fingerprint density at radius 3 is 2.77 bits per heavy atom. The lowest BCUT2D eigenvalue weighted by Gasteiger charge is -2.30. The van der Waals surface area contributed by atoms with Gasteiger partial charge in [0.1, 0.15) is 23.1 Å². The highest BCUT2D eigenvalue weighted by atomic mass is 19.1. The molecule has 158 valence electrons. The summed E-state index contributed by atoms with van der Waals surface area (Å²) < 4.78 is 19.3. The first kappa shape index (κ1) is 20.1. The number of rotatable bonds is 5. The number of nitrogens with zero attached hydrogens (tertiary/aromatic N) is 3. The van der Waals surface area contributed by atoms with Crippen molar-refractivity contribution in [3.63, 3.8) is 0 Å². The second-order valence-electron chi connectivity index (χ2n) is 7.36. The quantitative estimate of drug-likeness (QED) is 0.591. The first-order valence-corrected chi connectivity index (χ1v) is 9.87. The lowest BCUT2D eigenvalue weighted by atomic mass is 10.1. The molecule has 1 atom stereocenters. The lowest BCUT2D eigenvalue weighted by molar-refractivity contribution is 0.145. The van der Waals surface area contributed by atoms with E-state index >= 15 is 0 Å². The van der Waals surface area contributed by atoms with Crippen LogP contribution in [0.3, 0.4) is 0 Å². The molecule has 3 aromatic rings. The molecule has 1 unspecified atom stereocenters. The van der Waals surface area contributed by atoms with Crippen molar-refractivity contribution in [2.75, 3.05) is 30.4 Å². The van der Waals surface area contributed by atoms with Crippen LogP contribution in [-0.4, -0.2) is 46.4 Å². The number of aliphatic hydroxyl groups excluding tert-OH is 1. The highest BCUT2D eigenvalue weighted by Gasteiger charge is 2.21. The molecular formula is C21H24FN5O3. The topological polar surface area (TPSA) is 103 Å². The number of aliphatic hydroxyl groups is 1. The number of H-pyrrole nitrogens is 1. The van der Waals surface area contributed by atoms with Gasteiger partial charge in [-0.05, 0) is 44.0 Å². The number of methoxy groups -OCH3 is 1. The normalized spacial score (nSPS) is 15.9. The van der Waals surface area contributed by atoms with Crippen molar-refractivity contribution in [3.05, 3.63) is 46.4 Å². The first-order valence-electron chi connectivity index (χ1n) is 9.87. The SMILES string of the molecule is COc1ccc(Nc2nc(N3CCC(O)CC3)nc3cc[nH]c(=O)c23)cc1C(C)F. The van der Waals surface area contributed by atoms with Crippen LogP contribution in [0.5, 0.6) is 5.75 Å². The Morgan fingerprint density at radius 1 is 1.30 bits per heavy atom. The van der Waals surface area contributed by atoms with Crippen molar-refractivity contribution in [1.29, 1.82) is 0 Å². The molecule has 1 aromatic carbocycles.